The summed E-state index contributed by atoms with van der Waals surface area (Å²) in [6.45, 7) is 2.86. The van der Waals surface area contributed by atoms with Crippen LogP contribution in [0.5, 0.6) is 0 Å². The van der Waals surface area contributed by atoms with Crippen molar-refractivity contribution in [2.24, 2.45) is 0 Å². The van der Waals surface area contributed by atoms with Crippen molar-refractivity contribution in [3.05, 3.63) is 35.6 Å². The van der Waals surface area contributed by atoms with E-state index in [2.05, 4.69) is 5.32 Å². The molecular formula is C19H24FN3O3. The zero-order valence-corrected chi connectivity index (χ0v) is 15.0. The molecule has 0 spiro atoms. The number of likely N-dealkylation sites (tertiary alicyclic amines) is 1. The summed E-state index contributed by atoms with van der Waals surface area (Å²) in [5.74, 6) is -1.08. The van der Waals surface area contributed by atoms with E-state index in [-0.39, 0.29) is 12.5 Å². The highest BCUT2D eigenvalue weighted by Crippen LogP contribution is 2.32. The van der Waals surface area contributed by atoms with Crippen LogP contribution >= 0.6 is 0 Å². The third-order valence-corrected chi connectivity index (χ3v) is 5.30. The SMILES string of the molecule is CC[C@@]1(c2ccc(F)cc2)NC(=O)N(CC(=O)N2CCCCCC2)C1=O. The molecule has 0 unspecified atom stereocenters. The number of benzene rings is 1. The third kappa shape index (κ3) is 3.30. The summed E-state index contributed by atoms with van der Waals surface area (Å²) in [5, 5.41) is 2.72. The maximum absolute atomic E-state index is 13.2. The van der Waals surface area contributed by atoms with Gasteiger partial charge in [0.1, 0.15) is 17.9 Å². The maximum atomic E-state index is 13.2. The van der Waals surface area contributed by atoms with E-state index in [9.17, 15) is 18.8 Å². The predicted octanol–water partition coefficient (Wildman–Crippen LogP) is 2.39. The Bertz CT molecular complexity index is 698. The van der Waals surface area contributed by atoms with Crippen molar-refractivity contribution < 1.29 is 18.8 Å². The van der Waals surface area contributed by atoms with Gasteiger partial charge in [0, 0.05) is 13.1 Å². The van der Waals surface area contributed by atoms with Gasteiger partial charge in [-0.25, -0.2) is 9.18 Å². The summed E-state index contributed by atoms with van der Waals surface area (Å²) in [4.78, 5) is 40.8. The Hall–Kier alpha value is -2.44. The standard InChI is InChI=1S/C19H24FN3O3/c1-2-19(14-7-9-15(20)10-8-14)17(25)23(18(26)21-19)13-16(24)22-11-5-3-4-6-12-22/h7-10H,2-6,11-13H2,1H3,(H,21,26)/t19-/m0/s1. The number of rotatable bonds is 4. The number of nitrogens with zero attached hydrogens (tertiary/aromatic N) is 2. The fourth-order valence-electron chi connectivity index (χ4n) is 3.70. The molecule has 1 atom stereocenters. The van der Waals surface area contributed by atoms with Gasteiger partial charge in [0.15, 0.2) is 0 Å². The molecule has 0 aliphatic carbocycles. The smallest absolute Gasteiger partial charge is 0.325 e. The summed E-state index contributed by atoms with van der Waals surface area (Å²) in [6, 6.07) is 4.94. The van der Waals surface area contributed by atoms with Crippen molar-refractivity contribution in [1.29, 1.82) is 0 Å². The van der Waals surface area contributed by atoms with Crippen molar-refractivity contribution in [3.63, 3.8) is 0 Å². The maximum Gasteiger partial charge on any atom is 0.325 e. The van der Waals surface area contributed by atoms with Crippen LogP contribution in [0.3, 0.4) is 0 Å². The molecule has 2 aliphatic rings. The van der Waals surface area contributed by atoms with Gasteiger partial charge in [0.05, 0.1) is 0 Å². The first-order valence-corrected chi connectivity index (χ1v) is 9.16. The summed E-state index contributed by atoms with van der Waals surface area (Å²) in [5.41, 5.74) is -0.728. The quantitative estimate of drug-likeness (QED) is 0.837. The highest BCUT2D eigenvalue weighted by Gasteiger charge is 2.51. The molecule has 140 valence electrons. The van der Waals surface area contributed by atoms with E-state index in [1.807, 2.05) is 0 Å². The second kappa shape index (κ2) is 7.43. The number of carbonyl (C=O) groups is 3. The number of nitrogens with one attached hydrogen (secondary N) is 1. The predicted molar refractivity (Wildman–Crippen MR) is 93.7 cm³/mol. The summed E-state index contributed by atoms with van der Waals surface area (Å²) in [7, 11) is 0. The lowest BCUT2D eigenvalue weighted by atomic mass is 9.87. The average molecular weight is 361 g/mol. The Balaban J connectivity index is 1.79. The zero-order chi connectivity index (χ0) is 18.7. The molecule has 4 amide bonds. The molecule has 0 saturated carbocycles. The Morgan fingerprint density at radius 3 is 2.31 bits per heavy atom. The van der Waals surface area contributed by atoms with Crippen LogP contribution in [0.25, 0.3) is 0 Å². The molecule has 26 heavy (non-hydrogen) atoms. The Morgan fingerprint density at radius 2 is 1.73 bits per heavy atom. The van der Waals surface area contributed by atoms with Gasteiger partial charge in [0.25, 0.3) is 5.91 Å². The van der Waals surface area contributed by atoms with Crippen LogP contribution in [-0.2, 0) is 15.1 Å². The molecule has 3 rings (SSSR count). The summed E-state index contributed by atoms with van der Waals surface area (Å²) in [6.07, 6.45) is 4.39. The Kier molecular flexibility index (Phi) is 5.25. The Labute approximate surface area is 152 Å². The van der Waals surface area contributed by atoms with Crippen molar-refractivity contribution in [2.75, 3.05) is 19.6 Å². The number of urea groups is 1. The highest BCUT2D eigenvalue weighted by molar-refractivity contribution is 6.09. The van der Waals surface area contributed by atoms with E-state index >= 15 is 0 Å². The monoisotopic (exact) mass is 361 g/mol. The van der Waals surface area contributed by atoms with Gasteiger partial charge in [-0.3, -0.25) is 14.5 Å². The average Bonchev–Trinajstić information content (AvgIpc) is 2.83. The second-order valence-corrected chi connectivity index (χ2v) is 6.88. The van der Waals surface area contributed by atoms with Gasteiger partial charge in [0.2, 0.25) is 5.91 Å². The summed E-state index contributed by atoms with van der Waals surface area (Å²) >= 11 is 0. The van der Waals surface area contributed by atoms with Gasteiger partial charge in [-0.2, -0.15) is 0 Å². The van der Waals surface area contributed by atoms with Crippen LogP contribution in [0.15, 0.2) is 24.3 Å². The zero-order valence-electron chi connectivity index (χ0n) is 15.0. The van der Waals surface area contributed by atoms with Crippen LogP contribution in [0, 0.1) is 5.82 Å². The Morgan fingerprint density at radius 1 is 1.12 bits per heavy atom. The fraction of sp³-hybridized carbons (Fsp3) is 0.526. The number of carbonyl (C=O) groups excluding carboxylic acids is 3. The van der Waals surface area contributed by atoms with Gasteiger partial charge in [-0.05, 0) is 37.0 Å². The molecule has 1 aromatic rings. The van der Waals surface area contributed by atoms with Gasteiger partial charge in [-0.1, -0.05) is 31.9 Å². The van der Waals surface area contributed by atoms with Crippen molar-refractivity contribution in [3.8, 4) is 0 Å². The molecular weight excluding hydrogens is 337 g/mol. The molecule has 1 N–H and O–H groups in total. The first-order valence-electron chi connectivity index (χ1n) is 9.16. The second-order valence-electron chi connectivity index (χ2n) is 6.88. The van der Waals surface area contributed by atoms with Gasteiger partial charge in [-0.15, -0.1) is 0 Å². The number of halogens is 1. The molecule has 2 saturated heterocycles. The molecule has 2 aliphatic heterocycles. The van der Waals surface area contributed by atoms with Crippen LogP contribution < -0.4 is 5.32 Å². The number of hydrogen-bond acceptors (Lipinski definition) is 3. The van der Waals surface area contributed by atoms with Crippen molar-refractivity contribution >= 4 is 17.8 Å². The molecule has 6 nitrogen and oxygen atoms in total. The summed E-state index contributed by atoms with van der Waals surface area (Å²) < 4.78 is 13.2. The molecule has 7 heteroatoms. The lowest BCUT2D eigenvalue weighted by Crippen LogP contribution is -2.45. The van der Waals surface area contributed by atoms with E-state index < -0.39 is 23.3 Å². The minimum atomic E-state index is -1.25. The van der Waals surface area contributed by atoms with Crippen LogP contribution in [0.1, 0.15) is 44.6 Å². The van der Waals surface area contributed by atoms with E-state index in [0.717, 1.165) is 30.6 Å². The molecule has 0 aromatic heterocycles. The fourth-order valence-corrected chi connectivity index (χ4v) is 3.70. The van der Waals surface area contributed by atoms with E-state index in [1.54, 1.807) is 11.8 Å². The lowest BCUT2D eigenvalue weighted by Gasteiger charge is -2.26. The van der Waals surface area contributed by atoms with Crippen LogP contribution in [0.2, 0.25) is 0 Å². The highest BCUT2D eigenvalue weighted by atomic mass is 19.1. The van der Waals surface area contributed by atoms with Gasteiger partial charge >= 0.3 is 6.03 Å². The molecule has 2 heterocycles. The van der Waals surface area contributed by atoms with E-state index in [1.165, 1.54) is 24.3 Å². The lowest BCUT2D eigenvalue weighted by molar-refractivity contribution is -0.139. The topological polar surface area (TPSA) is 69.7 Å². The number of imide groups is 1. The van der Waals surface area contributed by atoms with Crippen LogP contribution in [0.4, 0.5) is 9.18 Å². The van der Waals surface area contributed by atoms with Crippen molar-refractivity contribution in [1.82, 2.24) is 15.1 Å². The van der Waals surface area contributed by atoms with Crippen molar-refractivity contribution in [2.45, 2.75) is 44.6 Å². The normalized spacial score (nSPS) is 23.8. The molecule has 2 fully saturated rings. The van der Waals surface area contributed by atoms with Gasteiger partial charge < -0.3 is 10.2 Å². The minimum absolute atomic E-state index is 0.207. The molecule has 0 radical (unpaired) electrons. The van der Waals surface area contributed by atoms with Crippen LogP contribution in [-0.4, -0.2) is 47.3 Å². The van der Waals surface area contributed by atoms with E-state index in [4.69, 9.17) is 0 Å². The molecule has 0 bridgehead atoms. The number of hydrogen-bond donors (Lipinski definition) is 1. The first kappa shape index (κ1) is 18.4. The largest absolute Gasteiger partial charge is 0.341 e. The first-order chi connectivity index (χ1) is 12.5. The third-order valence-electron chi connectivity index (χ3n) is 5.30. The van der Waals surface area contributed by atoms with E-state index in [0.29, 0.717) is 25.1 Å². The number of amides is 4. The minimum Gasteiger partial charge on any atom is -0.341 e. The molecule has 1 aromatic carbocycles.